The topological polar surface area (TPSA) is 98.5 Å². The number of ether oxygens (including phenoxy) is 3. The van der Waals surface area contributed by atoms with Crippen LogP contribution in [0.1, 0.15) is 38.1 Å². The Hall–Kier alpha value is -3.14. The van der Waals surface area contributed by atoms with Crippen LogP contribution >= 0.6 is 11.8 Å². The molecule has 0 saturated carbocycles. The molecule has 1 aromatic heterocycles. The third-order valence-corrected chi connectivity index (χ3v) is 7.29. The van der Waals surface area contributed by atoms with Gasteiger partial charge in [0, 0.05) is 12.3 Å². The molecule has 0 radical (unpaired) electrons. The maximum Gasteiger partial charge on any atom is 0.412 e. The normalized spacial score (nSPS) is 24.2. The molecular weight excluding hydrogens is 460 g/mol. The second-order valence-corrected chi connectivity index (χ2v) is 10.3. The van der Waals surface area contributed by atoms with E-state index in [2.05, 4.69) is 0 Å². The second-order valence-electron chi connectivity index (χ2n) is 9.10. The number of carbonyl (C=O) groups is 3. The van der Waals surface area contributed by atoms with Crippen molar-refractivity contribution in [2.45, 2.75) is 49.9 Å². The van der Waals surface area contributed by atoms with E-state index in [1.54, 1.807) is 44.9 Å². The van der Waals surface area contributed by atoms with Crippen molar-refractivity contribution in [3.63, 3.8) is 0 Å². The van der Waals surface area contributed by atoms with Crippen molar-refractivity contribution in [3.05, 3.63) is 54.0 Å². The molecule has 3 heterocycles. The highest BCUT2D eigenvalue weighted by Gasteiger charge is 2.72. The molecule has 0 bridgehead atoms. The van der Waals surface area contributed by atoms with Crippen molar-refractivity contribution in [2.24, 2.45) is 0 Å². The fourth-order valence-electron chi connectivity index (χ4n) is 4.31. The summed E-state index contributed by atoms with van der Waals surface area (Å²) < 4.78 is 21.5. The molecule has 2 aliphatic heterocycles. The van der Waals surface area contributed by atoms with Crippen molar-refractivity contribution in [3.8, 4) is 5.75 Å². The Balaban J connectivity index is 1.73. The number of nitrogens with zero attached hydrogens (tertiary/aromatic N) is 2. The fourth-order valence-corrected chi connectivity index (χ4v) is 5.99. The minimum Gasteiger partial charge on any atom is -0.497 e. The highest BCUT2D eigenvalue weighted by Crippen LogP contribution is 2.59. The third kappa shape index (κ3) is 4.00. The van der Waals surface area contributed by atoms with Gasteiger partial charge in [0.25, 0.3) is 5.91 Å². The lowest BCUT2D eigenvalue weighted by atomic mass is 9.88. The van der Waals surface area contributed by atoms with Crippen molar-refractivity contribution >= 4 is 29.7 Å². The van der Waals surface area contributed by atoms with E-state index >= 15 is 0 Å². The van der Waals surface area contributed by atoms with Crippen molar-refractivity contribution < 1.29 is 33.0 Å². The zero-order chi connectivity index (χ0) is 24.7. The van der Waals surface area contributed by atoms with E-state index in [1.165, 1.54) is 30.0 Å². The number of esters is 1. The molecule has 2 aliphatic rings. The van der Waals surface area contributed by atoms with Gasteiger partial charge < -0.3 is 23.5 Å². The molecule has 182 valence electrons. The molecule has 3 atom stereocenters. The molecule has 1 aromatic carbocycles. The summed E-state index contributed by atoms with van der Waals surface area (Å²) in [5, 5.41) is 0. The number of thioether (sulfide) groups is 1. The molecule has 4 rings (SSSR count). The first-order valence-electron chi connectivity index (χ1n) is 10.8. The summed E-state index contributed by atoms with van der Waals surface area (Å²) in [4.78, 5) is 41.3. The molecule has 0 aliphatic carbocycles. The van der Waals surface area contributed by atoms with Gasteiger partial charge in [-0.2, -0.15) is 0 Å². The van der Waals surface area contributed by atoms with Crippen LogP contribution in [0, 0.1) is 0 Å². The molecule has 0 unspecified atom stereocenters. The molecule has 0 N–H and O–H groups in total. The first-order chi connectivity index (χ1) is 16.1. The first kappa shape index (κ1) is 24.0. The summed E-state index contributed by atoms with van der Waals surface area (Å²) in [5.41, 5.74) is 0.0685. The van der Waals surface area contributed by atoms with Gasteiger partial charge in [-0.05, 0) is 50.6 Å². The maximum atomic E-state index is 13.8. The third-order valence-electron chi connectivity index (χ3n) is 5.77. The summed E-state index contributed by atoms with van der Waals surface area (Å²) >= 11 is 1.23. The van der Waals surface area contributed by atoms with Gasteiger partial charge in [-0.3, -0.25) is 9.69 Å². The quantitative estimate of drug-likeness (QED) is 0.465. The molecule has 2 saturated heterocycles. The Bertz CT molecular complexity index is 1060. The van der Waals surface area contributed by atoms with Gasteiger partial charge in [0.15, 0.2) is 4.87 Å². The SMILES string of the molecule is COC(=O)[C@@H]1CS[C@]2(C(=O)N(Cc3ccc(OC)cc3)[C@@H]2c2ccco2)N1C(=O)OC(C)(C)C. The Labute approximate surface area is 202 Å². The van der Waals surface area contributed by atoms with Crippen LogP contribution < -0.4 is 4.74 Å². The molecule has 1 spiro atoms. The monoisotopic (exact) mass is 488 g/mol. The van der Waals surface area contributed by atoms with Crippen molar-refractivity contribution in [1.29, 1.82) is 0 Å². The van der Waals surface area contributed by atoms with E-state index in [0.717, 1.165) is 5.56 Å². The lowest BCUT2D eigenvalue weighted by molar-refractivity contribution is -0.170. The van der Waals surface area contributed by atoms with Gasteiger partial charge in [0.05, 0.1) is 20.5 Å². The standard InChI is InChI=1S/C24H28N2O7S/c1-23(2,3)33-22(29)26-17(20(27)31-5)14-34-24(26)19(18-7-6-12-32-18)25(21(24)28)13-15-8-10-16(30-4)11-9-15/h6-12,17,19H,13-14H2,1-5H3/t17-,19+,24+/m0/s1. The largest absolute Gasteiger partial charge is 0.497 e. The van der Waals surface area contributed by atoms with E-state index < -0.39 is 34.6 Å². The number of hydrogen-bond donors (Lipinski definition) is 0. The summed E-state index contributed by atoms with van der Waals surface area (Å²) in [6.45, 7) is 5.49. The Kier molecular flexibility index (Phi) is 6.28. The smallest absolute Gasteiger partial charge is 0.412 e. The highest BCUT2D eigenvalue weighted by molar-refractivity contribution is 8.01. The summed E-state index contributed by atoms with van der Waals surface area (Å²) in [5.74, 6) is 0.522. The Morgan fingerprint density at radius 3 is 2.44 bits per heavy atom. The molecular formula is C24H28N2O7S. The van der Waals surface area contributed by atoms with E-state index in [0.29, 0.717) is 18.1 Å². The maximum absolute atomic E-state index is 13.8. The zero-order valence-electron chi connectivity index (χ0n) is 19.8. The lowest BCUT2D eigenvalue weighted by Crippen LogP contribution is -2.74. The molecule has 34 heavy (non-hydrogen) atoms. The average Bonchev–Trinajstić information content (AvgIpc) is 3.47. The molecule has 9 nitrogen and oxygen atoms in total. The zero-order valence-corrected chi connectivity index (χ0v) is 20.6. The number of rotatable bonds is 5. The van der Waals surface area contributed by atoms with Crippen LogP contribution in [0.2, 0.25) is 0 Å². The molecule has 2 aromatic rings. The van der Waals surface area contributed by atoms with E-state index in [4.69, 9.17) is 18.6 Å². The number of amides is 2. The molecule has 2 amide bonds. The van der Waals surface area contributed by atoms with Gasteiger partial charge in [-0.15, -0.1) is 11.8 Å². The van der Waals surface area contributed by atoms with Gasteiger partial charge >= 0.3 is 12.1 Å². The number of β-lactam (4-membered cyclic amide) rings is 1. The minimum absolute atomic E-state index is 0.200. The number of hydrogen-bond acceptors (Lipinski definition) is 8. The molecule has 10 heteroatoms. The van der Waals surface area contributed by atoms with E-state index in [9.17, 15) is 14.4 Å². The summed E-state index contributed by atoms with van der Waals surface area (Å²) in [6.07, 6.45) is 0.772. The lowest BCUT2D eigenvalue weighted by Gasteiger charge is -2.56. The minimum atomic E-state index is -1.38. The van der Waals surface area contributed by atoms with Gasteiger partial charge in [0.2, 0.25) is 0 Å². The first-order valence-corrected chi connectivity index (χ1v) is 11.8. The van der Waals surface area contributed by atoms with Gasteiger partial charge in [-0.25, -0.2) is 9.59 Å². The van der Waals surface area contributed by atoms with Crippen LogP contribution in [0.4, 0.5) is 4.79 Å². The Morgan fingerprint density at radius 1 is 1.18 bits per heavy atom. The van der Waals surface area contributed by atoms with Crippen LogP contribution in [0.15, 0.2) is 47.1 Å². The molecule has 2 fully saturated rings. The second kappa shape index (κ2) is 8.90. The summed E-state index contributed by atoms with van der Waals surface area (Å²) in [6, 6.07) is 9.30. The van der Waals surface area contributed by atoms with Crippen molar-refractivity contribution in [1.82, 2.24) is 9.80 Å². The van der Waals surface area contributed by atoms with Crippen LogP contribution in [0.5, 0.6) is 5.75 Å². The van der Waals surface area contributed by atoms with Crippen LogP contribution in [0.3, 0.4) is 0 Å². The van der Waals surface area contributed by atoms with E-state index in [-0.39, 0.29) is 11.7 Å². The summed E-state index contributed by atoms with van der Waals surface area (Å²) in [7, 11) is 2.85. The number of furan rings is 1. The van der Waals surface area contributed by atoms with Crippen molar-refractivity contribution in [2.75, 3.05) is 20.0 Å². The number of likely N-dealkylation sites (tertiary alicyclic amines) is 1. The number of benzene rings is 1. The predicted octanol–water partition coefficient (Wildman–Crippen LogP) is 3.59. The average molecular weight is 489 g/mol. The highest BCUT2D eigenvalue weighted by atomic mass is 32.2. The number of methoxy groups -OCH3 is 2. The fraction of sp³-hybridized carbons (Fsp3) is 0.458. The van der Waals surface area contributed by atoms with Gasteiger partial charge in [-0.1, -0.05) is 12.1 Å². The van der Waals surface area contributed by atoms with Crippen LogP contribution in [-0.4, -0.2) is 64.3 Å². The predicted molar refractivity (Wildman–Crippen MR) is 124 cm³/mol. The van der Waals surface area contributed by atoms with Crippen LogP contribution in [-0.2, 0) is 25.6 Å². The van der Waals surface area contributed by atoms with Gasteiger partial charge in [0.1, 0.15) is 29.2 Å². The Morgan fingerprint density at radius 2 is 1.88 bits per heavy atom. The van der Waals surface area contributed by atoms with Crippen LogP contribution in [0.25, 0.3) is 0 Å². The number of carbonyl (C=O) groups excluding carboxylic acids is 3. The van der Waals surface area contributed by atoms with E-state index in [1.807, 2.05) is 24.3 Å².